The van der Waals surface area contributed by atoms with E-state index in [2.05, 4.69) is 4.74 Å². The molecule has 0 heterocycles. The van der Waals surface area contributed by atoms with E-state index in [-0.39, 0.29) is 11.8 Å². The average molecular weight is 235 g/mol. The fraction of sp³-hybridized carbons (Fsp3) is 0.400. The Morgan fingerprint density at radius 1 is 1.25 bits per heavy atom. The number of nitrogens with two attached hydrogens (primary N) is 1. The van der Waals surface area contributed by atoms with Gasteiger partial charge in [-0.3, -0.25) is 0 Å². The summed E-state index contributed by atoms with van der Waals surface area (Å²) in [5, 5.41) is 0. The summed E-state index contributed by atoms with van der Waals surface area (Å²) in [6.07, 6.45) is -4.67. The topological polar surface area (TPSA) is 44.5 Å². The van der Waals surface area contributed by atoms with Crippen molar-refractivity contribution in [3.63, 3.8) is 0 Å². The van der Waals surface area contributed by atoms with Crippen LogP contribution in [0.5, 0.6) is 5.75 Å². The molecule has 0 spiro atoms. The van der Waals surface area contributed by atoms with Gasteiger partial charge in [-0.1, -0.05) is 12.1 Å². The van der Waals surface area contributed by atoms with E-state index in [1.165, 1.54) is 31.4 Å². The van der Waals surface area contributed by atoms with Crippen LogP contribution in [-0.4, -0.2) is 20.1 Å². The lowest BCUT2D eigenvalue weighted by molar-refractivity contribution is -0.274. The summed E-state index contributed by atoms with van der Waals surface area (Å²) >= 11 is 0. The van der Waals surface area contributed by atoms with Gasteiger partial charge in [-0.15, -0.1) is 13.2 Å². The lowest BCUT2D eigenvalue weighted by Crippen LogP contribution is -2.18. The number of hydrogen-bond donors (Lipinski definition) is 1. The van der Waals surface area contributed by atoms with E-state index in [0.717, 1.165) is 0 Å². The molecule has 90 valence electrons. The van der Waals surface area contributed by atoms with Crippen molar-refractivity contribution in [2.75, 3.05) is 13.7 Å². The number of ether oxygens (including phenoxy) is 2. The molecule has 1 atom stereocenters. The van der Waals surface area contributed by atoms with E-state index in [4.69, 9.17) is 10.5 Å². The molecular weight excluding hydrogens is 223 g/mol. The number of rotatable bonds is 4. The molecule has 0 aliphatic rings. The molecule has 0 aliphatic carbocycles. The smallest absolute Gasteiger partial charge is 0.406 e. The summed E-state index contributed by atoms with van der Waals surface area (Å²) in [7, 11) is 1.50. The molecule has 0 bridgehead atoms. The predicted molar refractivity (Wildman–Crippen MR) is 51.9 cm³/mol. The monoisotopic (exact) mass is 235 g/mol. The average Bonchev–Trinajstić information content (AvgIpc) is 2.16. The van der Waals surface area contributed by atoms with Crippen molar-refractivity contribution >= 4 is 0 Å². The van der Waals surface area contributed by atoms with Crippen LogP contribution in [0, 0.1) is 0 Å². The molecular formula is C10H12F3NO2. The first-order valence-corrected chi connectivity index (χ1v) is 4.52. The molecule has 0 aromatic heterocycles. The van der Waals surface area contributed by atoms with Gasteiger partial charge < -0.3 is 15.2 Å². The van der Waals surface area contributed by atoms with Gasteiger partial charge >= 0.3 is 6.36 Å². The molecule has 16 heavy (non-hydrogen) atoms. The van der Waals surface area contributed by atoms with Crippen molar-refractivity contribution in [3.05, 3.63) is 29.8 Å². The summed E-state index contributed by atoms with van der Waals surface area (Å²) in [4.78, 5) is 0. The highest BCUT2D eigenvalue weighted by Crippen LogP contribution is 2.23. The normalized spacial score (nSPS) is 13.6. The van der Waals surface area contributed by atoms with Crippen LogP contribution in [-0.2, 0) is 4.74 Å². The minimum atomic E-state index is -4.67. The van der Waals surface area contributed by atoms with Gasteiger partial charge in [0.05, 0.1) is 12.6 Å². The molecule has 0 radical (unpaired) electrons. The summed E-state index contributed by atoms with van der Waals surface area (Å²) in [6, 6.07) is 5.04. The van der Waals surface area contributed by atoms with Crippen LogP contribution >= 0.6 is 0 Å². The minimum absolute atomic E-state index is 0.263. The quantitative estimate of drug-likeness (QED) is 0.870. The highest BCUT2D eigenvalue weighted by Gasteiger charge is 2.30. The van der Waals surface area contributed by atoms with Gasteiger partial charge in [-0.2, -0.15) is 0 Å². The second kappa shape index (κ2) is 5.18. The van der Waals surface area contributed by atoms with Crippen LogP contribution in [0.4, 0.5) is 13.2 Å². The number of methoxy groups -OCH3 is 1. The third-order valence-corrected chi connectivity index (χ3v) is 1.89. The van der Waals surface area contributed by atoms with Crippen molar-refractivity contribution in [1.29, 1.82) is 0 Å². The van der Waals surface area contributed by atoms with Crippen LogP contribution in [0.25, 0.3) is 0 Å². The zero-order valence-corrected chi connectivity index (χ0v) is 8.62. The van der Waals surface area contributed by atoms with Crippen LogP contribution in [0.3, 0.4) is 0 Å². The van der Waals surface area contributed by atoms with Crippen LogP contribution < -0.4 is 10.5 Å². The molecule has 1 aromatic rings. The zero-order chi connectivity index (χ0) is 12.2. The van der Waals surface area contributed by atoms with Crippen molar-refractivity contribution in [1.82, 2.24) is 0 Å². The SMILES string of the molecule is COC[C@@H](N)c1ccc(OC(F)(F)F)cc1. The summed E-state index contributed by atoms with van der Waals surface area (Å²) in [5.41, 5.74) is 6.39. The molecule has 3 nitrogen and oxygen atoms in total. The Morgan fingerprint density at radius 2 is 1.81 bits per heavy atom. The zero-order valence-electron chi connectivity index (χ0n) is 8.62. The number of alkyl halides is 3. The van der Waals surface area contributed by atoms with E-state index in [9.17, 15) is 13.2 Å². The molecule has 2 N–H and O–H groups in total. The third kappa shape index (κ3) is 4.08. The minimum Gasteiger partial charge on any atom is -0.406 e. The van der Waals surface area contributed by atoms with Gasteiger partial charge in [0.1, 0.15) is 5.75 Å². The van der Waals surface area contributed by atoms with Crippen molar-refractivity contribution in [3.8, 4) is 5.75 Å². The lowest BCUT2D eigenvalue weighted by Gasteiger charge is -2.12. The Hall–Kier alpha value is -1.27. The Bertz CT molecular complexity index is 324. The molecule has 0 fully saturated rings. The fourth-order valence-corrected chi connectivity index (χ4v) is 1.19. The van der Waals surface area contributed by atoms with Gasteiger partial charge in [0.25, 0.3) is 0 Å². The molecule has 0 saturated heterocycles. The molecule has 0 saturated carbocycles. The van der Waals surface area contributed by atoms with E-state index >= 15 is 0 Å². The van der Waals surface area contributed by atoms with Crippen LogP contribution in [0.2, 0.25) is 0 Å². The van der Waals surface area contributed by atoms with E-state index in [1.54, 1.807) is 0 Å². The van der Waals surface area contributed by atoms with E-state index in [1.807, 2.05) is 0 Å². The second-order valence-electron chi connectivity index (χ2n) is 3.18. The third-order valence-electron chi connectivity index (χ3n) is 1.89. The van der Waals surface area contributed by atoms with E-state index < -0.39 is 6.36 Å². The molecule has 0 unspecified atom stereocenters. The van der Waals surface area contributed by atoms with Gasteiger partial charge in [-0.25, -0.2) is 0 Å². The first kappa shape index (κ1) is 12.8. The maximum Gasteiger partial charge on any atom is 0.573 e. The van der Waals surface area contributed by atoms with Crippen molar-refractivity contribution < 1.29 is 22.6 Å². The maximum atomic E-state index is 11.9. The van der Waals surface area contributed by atoms with Crippen LogP contribution in [0.15, 0.2) is 24.3 Å². The number of halogens is 3. The molecule has 0 amide bonds. The molecule has 6 heteroatoms. The van der Waals surface area contributed by atoms with Gasteiger partial charge in [0.15, 0.2) is 0 Å². The van der Waals surface area contributed by atoms with Gasteiger partial charge in [0.2, 0.25) is 0 Å². The second-order valence-corrected chi connectivity index (χ2v) is 3.18. The Labute approximate surface area is 91.0 Å². The largest absolute Gasteiger partial charge is 0.573 e. The number of hydrogen-bond acceptors (Lipinski definition) is 3. The molecule has 1 aromatic carbocycles. The predicted octanol–water partition coefficient (Wildman–Crippen LogP) is 2.23. The number of benzene rings is 1. The van der Waals surface area contributed by atoms with Crippen molar-refractivity contribution in [2.45, 2.75) is 12.4 Å². The highest BCUT2D eigenvalue weighted by molar-refractivity contribution is 5.29. The Balaban J connectivity index is 2.68. The Kier molecular flexibility index (Phi) is 4.14. The standard InChI is InChI=1S/C10H12F3NO2/c1-15-6-9(14)7-2-4-8(5-3-7)16-10(11,12)13/h2-5,9H,6,14H2,1H3/t9-/m1/s1. The van der Waals surface area contributed by atoms with Gasteiger partial charge in [0, 0.05) is 7.11 Å². The summed E-state index contributed by atoms with van der Waals surface area (Å²) in [5.74, 6) is -0.263. The van der Waals surface area contributed by atoms with Crippen LogP contribution in [0.1, 0.15) is 11.6 Å². The summed E-state index contributed by atoms with van der Waals surface area (Å²) in [6.45, 7) is 0.305. The molecule has 1 rings (SSSR count). The first-order valence-electron chi connectivity index (χ1n) is 4.52. The van der Waals surface area contributed by atoms with Gasteiger partial charge in [-0.05, 0) is 17.7 Å². The highest BCUT2D eigenvalue weighted by atomic mass is 19.4. The summed E-state index contributed by atoms with van der Waals surface area (Å²) < 4.78 is 44.1. The van der Waals surface area contributed by atoms with E-state index in [0.29, 0.717) is 12.2 Å². The molecule has 0 aliphatic heterocycles. The first-order chi connectivity index (χ1) is 7.42. The maximum absolute atomic E-state index is 11.9. The Morgan fingerprint density at radius 3 is 2.25 bits per heavy atom. The van der Waals surface area contributed by atoms with Crippen molar-refractivity contribution in [2.24, 2.45) is 5.73 Å². The fourth-order valence-electron chi connectivity index (χ4n) is 1.19. The lowest BCUT2D eigenvalue weighted by atomic mass is 10.1.